The lowest BCUT2D eigenvalue weighted by molar-refractivity contribution is -0.119. The first-order valence-electron chi connectivity index (χ1n) is 3.24. The quantitative estimate of drug-likeness (QED) is 0.482. The second kappa shape index (κ2) is 4.32. The van der Waals surface area contributed by atoms with Gasteiger partial charge in [-0.15, -0.1) is 0 Å². The molecule has 9 heavy (non-hydrogen) atoms. The van der Waals surface area contributed by atoms with Crippen molar-refractivity contribution in [2.45, 2.75) is 26.4 Å². The van der Waals surface area contributed by atoms with Gasteiger partial charge in [-0.05, 0) is 0 Å². The first kappa shape index (κ1) is 8.43. The molecular weight excluding hydrogens is 118 g/mol. The van der Waals surface area contributed by atoms with Gasteiger partial charge in [0.1, 0.15) is 0 Å². The van der Waals surface area contributed by atoms with E-state index < -0.39 is 6.10 Å². The number of aliphatic hydroxyl groups is 1. The van der Waals surface area contributed by atoms with E-state index in [0.29, 0.717) is 6.54 Å². The number of hydrogen-bond acceptors (Lipinski definition) is 2. The van der Waals surface area contributed by atoms with Gasteiger partial charge in [0.25, 0.3) is 0 Å². The second-order valence-electron chi connectivity index (χ2n) is 1.66. The molecule has 2 N–H and O–H groups in total. The van der Waals surface area contributed by atoms with Crippen molar-refractivity contribution in [3.05, 3.63) is 0 Å². The average Bonchev–Trinajstić information content (AvgIpc) is 2.20. The largest absolute Gasteiger partial charge is 0.391 e. The molecule has 3 nitrogen and oxygen atoms in total. The van der Waals surface area contributed by atoms with Gasteiger partial charge in [-0.25, -0.2) is 0 Å². The van der Waals surface area contributed by atoms with Crippen molar-refractivity contribution < 1.29 is 9.90 Å². The zero-order chi connectivity index (χ0) is 7.28. The molecule has 0 radical (unpaired) electrons. The van der Waals surface area contributed by atoms with Crippen LogP contribution in [0.1, 0.15) is 20.3 Å². The van der Waals surface area contributed by atoms with Crippen LogP contribution in [-0.2, 0) is 4.79 Å². The van der Waals surface area contributed by atoms with E-state index in [0.717, 1.165) is 0 Å². The van der Waals surface area contributed by atoms with E-state index in [2.05, 4.69) is 5.32 Å². The van der Waals surface area contributed by atoms with Crippen LogP contribution in [-0.4, -0.2) is 23.7 Å². The summed E-state index contributed by atoms with van der Waals surface area (Å²) in [6.07, 6.45) is -0.160. The predicted octanol–water partition coefficient (Wildman–Crippen LogP) is -0.107. The van der Waals surface area contributed by atoms with E-state index in [4.69, 9.17) is 5.11 Å². The van der Waals surface area contributed by atoms with E-state index >= 15 is 0 Å². The topological polar surface area (TPSA) is 49.3 Å². The highest BCUT2D eigenvalue weighted by molar-refractivity contribution is 5.78. The third-order valence-electron chi connectivity index (χ3n) is 0.956. The highest BCUT2D eigenvalue weighted by Crippen LogP contribution is 1.95. The fourth-order valence-corrected chi connectivity index (χ4v) is 0.590. The molecule has 0 unspecified atom stereocenters. The van der Waals surface area contributed by atoms with Gasteiger partial charge >= 0.3 is 0 Å². The van der Waals surface area contributed by atoms with E-state index in [9.17, 15) is 4.79 Å². The Balaban J connectivity index is 0.000000291. The Kier molecular flexibility index (Phi) is 4.05. The Hall–Kier alpha value is -0.570. The minimum absolute atomic E-state index is 0.0486. The predicted molar refractivity (Wildman–Crippen MR) is 35.0 cm³/mol. The zero-order valence-corrected chi connectivity index (χ0v) is 5.85. The Morgan fingerprint density at radius 1 is 1.67 bits per heavy atom. The number of rotatable bonds is 0. The summed E-state index contributed by atoms with van der Waals surface area (Å²) < 4.78 is 0. The summed E-state index contributed by atoms with van der Waals surface area (Å²) in [5, 5.41) is 11.1. The lowest BCUT2D eigenvalue weighted by atomic mass is 10.3. The minimum atomic E-state index is -0.438. The average molecular weight is 131 g/mol. The highest BCUT2D eigenvalue weighted by Gasteiger charge is 2.17. The monoisotopic (exact) mass is 131 g/mol. The molecule has 1 saturated heterocycles. The molecule has 1 rings (SSSR count). The maximum Gasteiger partial charge on any atom is 0.222 e. The summed E-state index contributed by atoms with van der Waals surface area (Å²) in [5.41, 5.74) is 0. The Morgan fingerprint density at radius 3 is 2.33 bits per heavy atom. The molecule has 0 aliphatic carbocycles. The van der Waals surface area contributed by atoms with Gasteiger partial charge in [0.15, 0.2) is 0 Å². The van der Waals surface area contributed by atoms with E-state index in [1.54, 1.807) is 0 Å². The van der Waals surface area contributed by atoms with Gasteiger partial charge in [0.05, 0.1) is 12.5 Å². The van der Waals surface area contributed by atoms with E-state index in [1.165, 1.54) is 0 Å². The van der Waals surface area contributed by atoms with Crippen LogP contribution in [0.3, 0.4) is 0 Å². The van der Waals surface area contributed by atoms with Crippen LogP contribution in [0.15, 0.2) is 0 Å². The van der Waals surface area contributed by atoms with Crippen molar-refractivity contribution in [3.8, 4) is 0 Å². The van der Waals surface area contributed by atoms with Crippen molar-refractivity contribution in [1.29, 1.82) is 0 Å². The Morgan fingerprint density at radius 2 is 2.22 bits per heavy atom. The summed E-state index contributed by atoms with van der Waals surface area (Å²) in [6.45, 7) is 4.43. The smallest absolute Gasteiger partial charge is 0.222 e. The van der Waals surface area contributed by atoms with Gasteiger partial charge in [0.2, 0.25) is 5.91 Å². The minimum Gasteiger partial charge on any atom is -0.391 e. The van der Waals surface area contributed by atoms with E-state index in [1.807, 2.05) is 13.8 Å². The number of β-amino-alcohol motifs (C(OH)–C–C–N with tert-alkyl or cyclic N) is 1. The molecule has 1 aliphatic heterocycles. The van der Waals surface area contributed by atoms with Crippen molar-refractivity contribution in [2.75, 3.05) is 6.54 Å². The first-order chi connectivity index (χ1) is 4.29. The summed E-state index contributed by atoms with van der Waals surface area (Å²) in [4.78, 5) is 10.2. The van der Waals surface area contributed by atoms with Gasteiger partial charge in [-0.3, -0.25) is 4.79 Å². The van der Waals surface area contributed by atoms with Gasteiger partial charge in [0, 0.05) is 6.54 Å². The molecule has 0 aromatic rings. The fraction of sp³-hybridized carbons (Fsp3) is 0.833. The first-order valence-corrected chi connectivity index (χ1v) is 3.24. The van der Waals surface area contributed by atoms with Crippen LogP contribution < -0.4 is 5.32 Å². The molecule has 1 atom stereocenters. The number of hydrogen-bond donors (Lipinski definition) is 2. The van der Waals surface area contributed by atoms with Crippen LogP contribution in [0, 0.1) is 0 Å². The summed E-state index contributed by atoms with van der Waals surface area (Å²) in [7, 11) is 0. The maximum absolute atomic E-state index is 10.2. The summed E-state index contributed by atoms with van der Waals surface area (Å²) >= 11 is 0. The Labute approximate surface area is 55.1 Å². The molecule has 1 heterocycles. The third-order valence-corrected chi connectivity index (χ3v) is 0.956. The van der Waals surface area contributed by atoms with Crippen LogP contribution in [0.5, 0.6) is 0 Å². The summed E-state index contributed by atoms with van der Waals surface area (Å²) in [5.74, 6) is -0.0486. The lowest BCUT2D eigenvalue weighted by Gasteiger charge is -1.89. The number of carbonyl (C=O) groups excluding carboxylic acids is 1. The SMILES string of the molecule is CC.O=C1C[C@H](O)CN1. The number of nitrogens with one attached hydrogen (secondary N) is 1. The van der Waals surface area contributed by atoms with Crippen molar-refractivity contribution in [2.24, 2.45) is 0 Å². The molecule has 0 aromatic heterocycles. The van der Waals surface area contributed by atoms with Gasteiger partial charge in [-0.2, -0.15) is 0 Å². The second-order valence-corrected chi connectivity index (χ2v) is 1.66. The molecule has 0 aromatic carbocycles. The Bertz CT molecular complexity index is 93.1. The highest BCUT2D eigenvalue weighted by atomic mass is 16.3. The molecule has 1 aliphatic rings. The normalized spacial score (nSPS) is 24.3. The number of aliphatic hydroxyl groups excluding tert-OH is 1. The van der Waals surface area contributed by atoms with Crippen molar-refractivity contribution >= 4 is 5.91 Å². The van der Waals surface area contributed by atoms with Crippen LogP contribution in [0.4, 0.5) is 0 Å². The lowest BCUT2D eigenvalue weighted by Crippen LogP contribution is -2.14. The van der Waals surface area contributed by atoms with Gasteiger partial charge < -0.3 is 10.4 Å². The molecule has 54 valence electrons. The molecule has 0 saturated carbocycles. The molecular formula is C6H13NO2. The maximum atomic E-state index is 10.2. The molecule has 3 heteroatoms. The molecule has 1 fully saturated rings. The fourth-order valence-electron chi connectivity index (χ4n) is 0.590. The van der Waals surface area contributed by atoms with E-state index in [-0.39, 0.29) is 12.3 Å². The molecule has 1 amide bonds. The standard InChI is InChI=1S/C4H7NO2.C2H6/c6-3-1-4(7)5-2-3;1-2/h3,6H,1-2H2,(H,5,7);1-2H3/t3-;/m0./s1. The third kappa shape index (κ3) is 3.08. The molecule has 0 spiro atoms. The van der Waals surface area contributed by atoms with Crippen LogP contribution >= 0.6 is 0 Å². The summed E-state index contributed by atoms with van der Waals surface area (Å²) in [6, 6.07) is 0. The molecule has 0 bridgehead atoms. The van der Waals surface area contributed by atoms with Gasteiger partial charge in [-0.1, -0.05) is 13.8 Å². The van der Waals surface area contributed by atoms with Crippen LogP contribution in [0.2, 0.25) is 0 Å². The van der Waals surface area contributed by atoms with Crippen LogP contribution in [0.25, 0.3) is 0 Å². The van der Waals surface area contributed by atoms with Crippen molar-refractivity contribution in [1.82, 2.24) is 5.32 Å². The number of amides is 1. The zero-order valence-electron chi connectivity index (χ0n) is 5.85. The number of carbonyl (C=O) groups is 1. The van der Waals surface area contributed by atoms with Crippen molar-refractivity contribution in [3.63, 3.8) is 0 Å².